The van der Waals surface area contributed by atoms with E-state index in [4.69, 9.17) is 4.42 Å². The molecule has 0 saturated carbocycles. The minimum atomic E-state index is -0.278. The first-order chi connectivity index (χ1) is 11.2. The highest BCUT2D eigenvalue weighted by Crippen LogP contribution is 2.26. The Morgan fingerprint density at radius 3 is 2.78 bits per heavy atom. The van der Waals surface area contributed by atoms with Crippen LogP contribution in [0.1, 0.15) is 30.2 Å². The van der Waals surface area contributed by atoms with E-state index in [1.165, 1.54) is 0 Å². The van der Waals surface area contributed by atoms with Gasteiger partial charge in [-0.2, -0.15) is 0 Å². The summed E-state index contributed by atoms with van der Waals surface area (Å²) < 4.78 is 7.42. The topological polar surface area (TPSA) is 73.0 Å². The number of nitrogens with one attached hydrogen (secondary N) is 1. The molecule has 3 rings (SSSR count). The van der Waals surface area contributed by atoms with Crippen LogP contribution in [0.5, 0.6) is 0 Å². The minimum Gasteiger partial charge on any atom is -0.456 e. The summed E-state index contributed by atoms with van der Waals surface area (Å²) in [6.07, 6.45) is 2.43. The van der Waals surface area contributed by atoms with E-state index >= 15 is 0 Å². The Balaban J connectivity index is 1.90. The van der Waals surface area contributed by atoms with Crippen LogP contribution in [0.25, 0.3) is 11.4 Å². The van der Waals surface area contributed by atoms with Gasteiger partial charge in [-0.15, -0.1) is 10.2 Å². The van der Waals surface area contributed by atoms with Crippen molar-refractivity contribution in [2.75, 3.05) is 5.32 Å². The number of carbonyl (C=O) groups is 1. The van der Waals surface area contributed by atoms with Gasteiger partial charge in [0.1, 0.15) is 12.1 Å². The lowest BCUT2D eigenvalue weighted by atomic mass is 10.1. The molecular formula is C17H18N4O2. The van der Waals surface area contributed by atoms with E-state index in [1.54, 1.807) is 12.4 Å². The van der Waals surface area contributed by atoms with Gasteiger partial charge < -0.3 is 14.3 Å². The smallest absolute Gasteiger partial charge is 0.291 e. The number of hydrogen-bond donors (Lipinski definition) is 1. The summed E-state index contributed by atoms with van der Waals surface area (Å²) in [5.74, 6) is 1.53. The third-order valence-corrected chi connectivity index (χ3v) is 3.61. The maximum Gasteiger partial charge on any atom is 0.291 e. The Labute approximate surface area is 134 Å². The molecule has 0 unspecified atom stereocenters. The number of rotatable bonds is 5. The van der Waals surface area contributed by atoms with Crippen molar-refractivity contribution in [3.05, 3.63) is 54.2 Å². The Hall–Kier alpha value is -2.89. The molecule has 0 saturated heterocycles. The van der Waals surface area contributed by atoms with Gasteiger partial charge in [0.15, 0.2) is 11.6 Å². The van der Waals surface area contributed by atoms with Gasteiger partial charge in [-0.3, -0.25) is 4.79 Å². The summed E-state index contributed by atoms with van der Waals surface area (Å²) in [4.78, 5) is 12.4. The largest absolute Gasteiger partial charge is 0.456 e. The molecule has 0 fully saturated rings. The second-order valence-corrected chi connectivity index (χ2v) is 5.06. The van der Waals surface area contributed by atoms with E-state index in [-0.39, 0.29) is 5.91 Å². The summed E-state index contributed by atoms with van der Waals surface area (Å²) in [5.41, 5.74) is 1.50. The van der Waals surface area contributed by atoms with E-state index in [0.717, 1.165) is 30.1 Å². The molecule has 6 nitrogen and oxygen atoms in total. The summed E-state index contributed by atoms with van der Waals surface area (Å²) in [6.45, 7) is 4.75. The number of anilines is 1. The van der Waals surface area contributed by atoms with Crippen molar-refractivity contribution in [3.63, 3.8) is 0 Å². The fraction of sp³-hybridized carbons (Fsp3) is 0.235. The molecule has 0 bridgehead atoms. The average molecular weight is 310 g/mol. The SMILES string of the molecule is CCc1ccc(C(=O)Nc2ccccc2-c2nncn2CC)o1. The number of carbonyl (C=O) groups excluding carboxylic acids is 1. The summed E-state index contributed by atoms with van der Waals surface area (Å²) in [7, 11) is 0. The first kappa shape index (κ1) is 15.0. The average Bonchev–Trinajstić information content (AvgIpc) is 3.24. The molecule has 1 N–H and O–H groups in total. The predicted molar refractivity (Wildman–Crippen MR) is 87.2 cm³/mol. The van der Waals surface area contributed by atoms with Gasteiger partial charge in [-0.25, -0.2) is 0 Å². The lowest BCUT2D eigenvalue weighted by molar-refractivity contribution is 0.0995. The van der Waals surface area contributed by atoms with Crippen LogP contribution in [0, 0.1) is 0 Å². The summed E-state index contributed by atoms with van der Waals surface area (Å²) in [6, 6.07) is 11.0. The van der Waals surface area contributed by atoms with Gasteiger partial charge in [0, 0.05) is 18.5 Å². The molecule has 23 heavy (non-hydrogen) atoms. The molecular weight excluding hydrogens is 292 g/mol. The number of benzene rings is 1. The van der Waals surface area contributed by atoms with Gasteiger partial charge >= 0.3 is 0 Å². The van der Waals surface area contributed by atoms with Gasteiger partial charge in [0.2, 0.25) is 0 Å². The molecule has 118 valence electrons. The standard InChI is InChI=1S/C17H18N4O2/c1-3-12-9-10-15(23-12)17(22)19-14-8-6-5-7-13(14)16-20-18-11-21(16)4-2/h5-11H,3-4H2,1-2H3,(H,19,22). The van der Waals surface area contributed by atoms with Crippen molar-refractivity contribution in [2.45, 2.75) is 26.8 Å². The van der Waals surface area contributed by atoms with E-state index < -0.39 is 0 Å². The lowest BCUT2D eigenvalue weighted by Gasteiger charge is -2.10. The van der Waals surface area contributed by atoms with E-state index in [9.17, 15) is 4.79 Å². The number of para-hydroxylation sites is 1. The van der Waals surface area contributed by atoms with Gasteiger partial charge in [-0.05, 0) is 31.2 Å². The quantitative estimate of drug-likeness (QED) is 0.784. The number of nitrogens with zero attached hydrogens (tertiary/aromatic N) is 3. The molecule has 0 spiro atoms. The van der Waals surface area contributed by atoms with Gasteiger partial charge in [0.25, 0.3) is 5.91 Å². The second-order valence-electron chi connectivity index (χ2n) is 5.06. The number of hydrogen-bond acceptors (Lipinski definition) is 4. The van der Waals surface area contributed by atoms with Crippen LogP contribution in [0.2, 0.25) is 0 Å². The van der Waals surface area contributed by atoms with E-state index in [0.29, 0.717) is 11.4 Å². The van der Waals surface area contributed by atoms with Crippen LogP contribution >= 0.6 is 0 Å². The fourth-order valence-electron chi connectivity index (χ4n) is 2.36. The summed E-state index contributed by atoms with van der Waals surface area (Å²) in [5, 5.41) is 11.0. The van der Waals surface area contributed by atoms with Crippen LogP contribution in [0.4, 0.5) is 5.69 Å². The van der Waals surface area contributed by atoms with Crippen LogP contribution in [-0.2, 0) is 13.0 Å². The molecule has 3 aromatic rings. The Kier molecular flexibility index (Phi) is 4.23. The highest BCUT2D eigenvalue weighted by atomic mass is 16.3. The molecule has 0 aliphatic heterocycles. The zero-order valence-electron chi connectivity index (χ0n) is 13.1. The molecule has 0 atom stereocenters. The monoisotopic (exact) mass is 310 g/mol. The van der Waals surface area contributed by atoms with Crippen molar-refractivity contribution in [1.29, 1.82) is 0 Å². The number of aryl methyl sites for hydroxylation is 2. The number of furan rings is 1. The first-order valence-corrected chi connectivity index (χ1v) is 7.60. The molecule has 1 aromatic carbocycles. The zero-order valence-corrected chi connectivity index (χ0v) is 13.1. The van der Waals surface area contributed by atoms with Crippen LogP contribution in [0.15, 0.2) is 47.1 Å². The van der Waals surface area contributed by atoms with E-state index in [1.807, 2.05) is 48.7 Å². The molecule has 0 aliphatic rings. The van der Waals surface area contributed by atoms with Crippen molar-refractivity contribution < 1.29 is 9.21 Å². The molecule has 1 amide bonds. The molecule has 2 heterocycles. The van der Waals surface area contributed by atoms with Crippen molar-refractivity contribution in [3.8, 4) is 11.4 Å². The predicted octanol–water partition coefficient (Wildman–Crippen LogP) is 3.37. The van der Waals surface area contributed by atoms with E-state index in [2.05, 4.69) is 15.5 Å². The Morgan fingerprint density at radius 1 is 1.22 bits per heavy atom. The molecule has 2 aromatic heterocycles. The Morgan fingerprint density at radius 2 is 2.04 bits per heavy atom. The van der Waals surface area contributed by atoms with Crippen LogP contribution in [0.3, 0.4) is 0 Å². The fourth-order valence-corrected chi connectivity index (χ4v) is 2.36. The maximum atomic E-state index is 12.4. The lowest BCUT2D eigenvalue weighted by Crippen LogP contribution is -2.12. The number of aromatic nitrogens is 3. The minimum absolute atomic E-state index is 0.278. The van der Waals surface area contributed by atoms with Crippen LogP contribution < -0.4 is 5.32 Å². The Bertz CT molecular complexity index is 819. The third-order valence-electron chi connectivity index (χ3n) is 3.61. The first-order valence-electron chi connectivity index (χ1n) is 7.60. The molecule has 6 heteroatoms. The third kappa shape index (κ3) is 3.01. The highest BCUT2D eigenvalue weighted by molar-refractivity contribution is 6.04. The highest BCUT2D eigenvalue weighted by Gasteiger charge is 2.16. The molecule has 0 aliphatic carbocycles. The zero-order chi connectivity index (χ0) is 16.2. The normalized spacial score (nSPS) is 10.7. The van der Waals surface area contributed by atoms with Crippen molar-refractivity contribution >= 4 is 11.6 Å². The number of amides is 1. The maximum absolute atomic E-state index is 12.4. The molecule has 0 radical (unpaired) electrons. The van der Waals surface area contributed by atoms with Crippen molar-refractivity contribution in [1.82, 2.24) is 14.8 Å². The summed E-state index contributed by atoms with van der Waals surface area (Å²) >= 11 is 0. The second kappa shape index (κ2) is 6.48. The van der Waals surface area contributed by atoms with Crippen molar-refractivity contribution in [2.24, 2.45) is 0 Å². The van der Waals surface area contributed by atoms with Gasteiger partial charge in [-0.1, -0.05) is 19.1 Å². The van der Waals surface area contributed by atoms with Gasteiger partial charge in [0.05, 0.1) is 5.69 Å². The van der Waals surface area contributed by atoms with Crippen LogP contribution in [-0.4, -0.2) is 20.7 Å².